The van der Waals surface area contributed by atoms with Crippen LogP contribution in [0, 0.1) is 13.8 Å². The average molecular weight is 488 g/mol. The number of carbonyl (C=O) groups is 2. The van der Waals surface area contributed by atoms with E-state index in [1.54, 1.807) is 24.0 Å². The maximum atomic E-state index is 13.2. The minimum absolute atomic E-state index is 0.0379. The molecule has 0 aromatic heterocycles. The Hall–Kier alpha value is -2.87. The molecular weight excluding hydrogens is 450 g/mol. The van der Waals surface area contributed by atoms with Crippen molar-refractivity contribution in [1.29, 1.82) is 0 Å². The van der Waals surface area contributed by atoms with Gasteiger partial charge in [-0.3, -0.25) is 13.9 Å². The summed E-state index contributed by atoms with van der Waals surface area (Å²) < 4.78 is 26.1. The maximum absolute atomic E-state index is 13.2. The van der Waals surface area contributed by atoms with Gasteiger partial charge in [-0.2, -0.15) is 0 Å². The monoisotopic (exact) mass is 487 g/mol. The van der Waals surface area contributed by atoms with Crippen molar-refractivity contribution < 1.29 is 18.0 Å². The molecule has 0 aliphatic rings. The Morgan fingerprint density at radius 2 is 1.44 bits per heavy atom. The number of hydrogen-bond donors (Lipinski definition) is 1. The van der Waals surface area contributed by atoms with Crippen molar-refractivity contribution >= 4 is 27.5 Å². The molecule has 0 saturated heterocycles. The van der Waals surface area contributed by atoms with Gasteiger partial charge in [0.1, 0.15) is 6.04 Å². The van der Waals surface area contributed by atoms with Gasteiger partial charge < -0.3 is 10.2 Å². The molecule has 2 aromatic carbocycles. The van der Waals surface area contributed by atoms with Crippen molar-refractivity contribution in [2.24, 2.45) is 0 Å². The maximum Gasteiger partial charge on any atom is 0.242 e. The lowest BCUT2D eigenvalue weighted by atomic mass is 10.1. The fourth-order valence-corrected chi connectivity index (χ4v) is 4.56. The minimum atomic E-state index is -3.50. The molecule has 8 heteroatoms. The average Bonchev–Trinajstić information content (AvgIpc) is 2.75. The van der Waals surface area contributed by atoms with Gasteiger partial charge in [-0.15, -0.1) is 0 Å². The molecule has 0 spiro atoms. The number of rotatable bonds is 11. The van der Waals surface area contributed by atoms with E-state index in [1.165, 1.54) is 4.31 Å². The smallest absolute Gasteiger partial charge is 0.242 e. The third-order valence-corrected chi connectivity index (χ3v) is 6.74. The van der Waals surface area contributed by atoms with Crippen LogP contribution >= 0.6 is 0 Å². The van der Waals surface area contributed by atoms with Crippen molar-refractivity contribution in [3.8, 4) is 0 Å². The third kappa shape index (κ3) is 8.17. The molecule has 2 rings (SSSR count). The first-order valence-electron chi connectivity index (χ1n) is 11.6. The van der Waals surface area contributed by atoms with Crippen LogP contribution < -0.4 is 9.62 Å². The Labute approximate surface area is 204 Å². The number of benzene rings is 2. The second-order valence-corrected chi connectivity index (χ2v) is 11.0. The molecule has 2 amide bonds. The zero-order valence-corrected chi connectivity index (χ0v) is 21.9. The highest BCUT2D eigenvalue weighted by Gasteiger charge is 2.27. The molecule has 0 saturated carbocycles. The van der Waals surface area contributed by atoms with Gasteiger partial charge in [0.2, 0.25) is 21.8 Å². The first kappa shape index (κ1) is 27.4. The normalized spacial score (nSPS) is 12.3. The van der Waals surface area contributed by atoms with E-state index in [9.17, 15) is 18.0 Å². The molecule has 0 bridgehead atoms. The van der Waals surface area contributed by atoms with Gasteiger partial charge in [-0.25, -0.2) is 8.42 Å². The minimum Gasteiger partial charge on any atom is -0.352 e. The van der Waals surface area contributed by atoms with Gasteiger partial charge in [0.25, 0.3) is 0 Å². The summed E-state index contributed by atoms with van der Waals surface area (Å²) >= 11 is 0. The van der Waals surface area contributed by atoms with Gasteiger partial charge in [0.05, 0.1) is 11.9 Å². The summed E-state index contributed by atoms with van der Waals surface area (Å²) in [5, 5.41) is 2.87. The summed E-state index contributed by atoms with van der Waals surface area (Å²) in [4.78, 5) is 27.5. The Balaban J connectivity index is 2.15. The fourth-order valence-electron chi connectivity index (χ4n) is 3.59. The fraction of sp³-hybridized carbons (Fsp3) is 0.462. The molecule has 2 aromatic rings. The molecule has 0 fully saturated rings. The van der Waals surface area contributed by atoms with E-state index in [0.717, 1.165) is 22.9 Å². The van der Waals surface area contributed by atoms with Crippen LogP contribution in [0.3, 0.4) is 0 Å². The lowest BCUT2D eigenvalue weighted by Crippen LogP contribution is -2.49. The summed E-state index contributed by atoms with van der Waals surface area (Å²) in [6.07, 6.45) is 1.63. The van der Waals surface area contributed by atoms with E-state index in [0.29, 0.717) is 18.7 Å². The van der Waals surface area contributed by atoms with E-state index in [1.807, 2.05) is 64.1 Å². The van der Waals surface area contributed by atoms with Crippen LogP contribution in [0.5, 0.6) is 0 Å². The van der Waals surface area contributed by atoms with Crippen molar-refractivity contribution in [1.82, 2.24) is 10.2 Å². The SMILES string of the molecule is Cc1ccc(CN(C(=O)CCCN(c2ccc(C)cc2)S(C)(=O)=O)[C@@H](C)C(=O)NC(C)C)cc1. The van der Waals surface area contributed by atoms with Crippen molar-refractivity contribution in [3.63, 3.8) is 0 Å². The summed E-state index contributed by atoms with van der Waals surface area (Å²) in [5.74, 6) is -0.405. The number of carbonyl (C=O) groups excluding carboxylic acids is 2. The predicted molar refractivity (Wildman–Crippen MR) is 137 cm³/mol. The van der Waals surface area contributed by atoms with Gasteiger partial charge in [0.15, 0.2) is 0 Å². The van der Waals surface area contributed by atoms with Crippen LogP contribution in [0.15, 0.2) is 48.5 Å². The standard InChI is InChI=1S/C26H37N3O4S/c1-19(2)27-26(31)22(5)28(18-23-13-9-20(3)10-14-23)25(30)8-7-17-29(34(6,32)33)24-15-11-21(4)12-16-24/h9-16,19,22H,7-8,17-18H2,1-6H3,(H,27,31)/t22-/m0/s1. The van der Waals surface area contributed by atoms with E-state index in [2.05, 4.69) is 5.32 Å². The quantitative estimate of drug-likeness (QED) is 0.522. The van der Waals surface area contributed by atoms with Crippen LogP contribution in [-0.2, 0) is 26.2 Å². The largest absolute Gasteiger partial charge is 0.352 e. The Kier molecular flexibility index (Phi) is 9.67. The van der Waals surface area contributed by atoms with E-state index < -0.39 is 16.1 Å². The molecule has 1 atom stereocenters. The molecule has 0 aliphatic heterocycles. The Morgan fingerprint density at radius 3 is 1.94 bits per heavy atom. The van der Waals surface area contributed by atoms with Gasteiger partial charge in [0, 0.05) is 25.6 Å². The molecule has 0 aliphatic carbocycles. The highest BCUT2D eigenvalue weighted by Crippen LogP contribution is 2.20. The molecule has 7 nitrogen and oxygen atoms in total. The first-order valence-corrected chi connectivity index (χ1v) is 13.4. The van der Waals surface area contributed by atoms with Gasteiger partial charge in [-0.1, -0.05) is 47.5 Å². The molecule has 0 radical (unpaired) electrons. The van der Waals surface area contributed by atoms with E-state index >= 15 is 0 Å². The molecular formula is C26H37N3O4S. The Morgan fingerprint density at radius 1 is 0.912 bits per heavy atom. The van der Waals surface area contributed by atoms with E-state index in [-0.39, 0.29) is 30.8 Å². The van der Waals surface area contributed by atoms with Crippen LogP contribution in [0.2, 0.25) is 0 Å². The highest BCUT2D eigenvalue weighted by atomic mass is 32.2. The molecule has 186 valence electrons. The van der Waals surface area contributed by atoms with Gasteiger partial charge in [-0.05, 0) is 58.7 Å². The number of nitrogens with zero attached hydrogens (tertiary/aromatic N) is 2. The summed E-state index contributed by atoms with van der Waals surface area (Å²) in [5.41, 5.74) is 3.65. The zero-order valence-electron chi connectivity index (χ0n) is 21.0. The molecule has 0 unspecified atom stereocenters. The van der Waals surface area contributed by atoms with Crippen LogP contribution in [0.1, 0.15) is 50.3 Å². The lowest BCUT2D eigenvalue weighted by molar-refractivity contribution is -0.140. The van der Waals surface area contributed by atoms with E-state index in [4.69, 9.17) is 0 Å². The zero-order chi connectivity index (χ0) is 25.5. The molecule has 1 N–H and O–H groups in total. The summed E-state index contributed by atoms with van der Waals surface area (Å²) in [7, 11) is -3.50. The number of anilines is 1. The summed E-state index contributed by atoms with van der Waals surface area (Å²) in [6.45, 7) is 9.89. The number of nitrogens with one attached hydrogen (secondary N) is 1. The van der Waals surface area contributed by atoms with Crippen LogP contribution in [0.25, 0.3) is 0 Å². The van der Waals surface area contributed by atoms with Gasteiger partial charge >= 0.3 is 0 Å². The first-order chi connectivity index (χ1) is 15.9. The Bertz CT molecular complexity index is 1060. The van der Waals surface area contributed by atoms with Crippen molar-refractivity contribution in [2.45, 2.75) is 66.1 Å². The summed E-state index contributed by atoms with van der Waals surface area (Å²) in [6, 6.07) is 14.4. The number of amides is 2. The predicted octanol–water partition coefficient (Wildman–Crippen LogP) is 3.79. The third-order valence-electron chi connectivity index (χ3n) is 5.55. The van der Waals surface area contributed by atoms with Crippen molar-refractivity contribution in [3.05, 3.63) is 65.2 Å². The molecule has 34 heavy (non-hydrogen) atoms. The number of sulfonamides is 1. The van der Waals surface area contributed by atoms with Crippen molar-refractivity contribution in [2.75, 3.05) is 17.1 Å². The second-order valence-electron chi connectivity index (χ2n) is 9.12. The van der Waals surface area contributed by atoms with Crippen LogP contribution in [0.4, 0.5) is 5.69 Å². The van der Waals surface area contributed by atoms with Crippen LogP contribution in [-0.4, -0.2) is 50.0 Å². The topological polar surface area (TPSA) is 86.8 Å². The number of hydrogen-bond acceptors (Lipinski definition) is 4. The molecule has 0 heterocycles. The highest BCUT2D eigenvalue weighted by molar-refractivity contribution is 7.92. The lowest BCUT2D eigenvalue weighted by Gasteiger charge is -2.30. The number of aryl methyl sites for hydroxylation is 2. The second kappa shape index (κ2) is 12.0.